The molecule has 0 aromatic heterocycles. The van der Waals surface area contributed by atoms with E-state index in [0.717, 1.165) is 19.6 Å². The quantitative estimate of drug-likeness (QED) is 0.726. The van der Waals surface area contributed by atoms with Gasteiger partial charge in [-0.05, 0) is 37.9 Å². The van der Waals surface area contributed by atoms with Crippen molar-refractivity contribution in [2.75, 3.05) is 26.2 Å². The maximum absolute atomic E-state index is 5.59. The first-order chi connectivity index (χ1) is 5.76. The van der Waals surface area contributed by atoms with Crippen LogP contribution in [0, 0.1) is 5.92 Å². The maximum Gasteiger partial charge on any atom is 0.0201 e. The van der Waals surface area contributed by atoms with Gasteiger partial charge in [0.1, 0.15) is 0 Å². The number of hydrogen-bond donors (Lipinski definition) is 1. The molecule has 1 fully saturated rings. The Kier molecular flexibility index (Phi) is 4.06. The van der Waals surface area contributed by atoms with Crippen LogP contribution in [0.2, 0.25) is 0 Å². The van der Waals surface area contributed by atoms with Crippen molar-refractivity contribution < 1.29 is 0 Å². The van der Waals surface area contributed by atoms with Crippen molar-refractivity contribution in [3.05, 3.63) is 11.1 Å². The number of likely N-dealkylation sites (tertiary alicyclic amines) is 1. The molecule has 1 saturated heterocycles. The van der Waals surface area contributed by atoms with Gasteiger partial charge in [-0.3, -0.25) is 4.90 Å². The second kappa shape index (κ2) is 4.85. The van der Waals surface area contributed by atoms with Crippen LogP contribution in [0.25, 0.3) is 0 Å². The predicted octanol–water partition coefficient (Wildman–Crippen LogP) is 1.41. The molecule has 0 bridgehead atoms. The summed E-state index contributed by atoms with van der Waals surface area (Å²) >= 11 is 5.59. The second-order valence-corrected chi connectivity index (χ2v) is 3.80. The van der Waals surface area contributed by atoms with E-state index in [1.807, 2.05) is 0 Å². The highest BCUT2D eigenvalue weighted by Gasteiger charge is 2.20. The third-order valence-corrected chi connectivity index (χ3v) is 2.74. The third-order valence-electron chi connectivity index (χ3n) is 2.36. The Morgan fingerprint density at radius 2 is 2.50 bits per heavy atom. The van der Waals surface area contributed by atoms with Crippen molar-refractivity contribution in [2.24, 2.45) is 11.7 Å². The zero-order valence-corrected chi connectivity index (χ0v) is 8.35. The van der Waals surface area contributed by atoms with Gasteiger partial charge in [-0.2, -0.15) is 0 Å². The minimum absolute atomic E-state index is 0.702. The SMILES string of the molecule is CC(=CCl)CN1CCC(CN)C1. The lowest BCUT2D eigenvalue weighted by atomic mass is 10.1. The van der Waals surface area contributed by atoms with Crippen LogP contribution in [-0.2, 0) is 0 Å². The van der Waals surface area contributed by atoms with Gasteiger partial charge in [0.05, 0.1) is 0 Å². The normalized spacial score (nSPS) is 26.6. The van der Waals surface area contributed by atoms with E-state index in [0.29, 0.717) is 5.92 Å². The maximum atomic E-state index is 5.59. The molecule has 1 atom stereocenters. The van der Waals surface area contributed by atoms with Gasteiger partial charge in [0.2, 0.25) is 0 Å². The van der Waals surface area contributed by atoms with Crippen molar-refractivity contribution in [1.29, 1.82) is 0 Å². The summed E-state index contributed by atoms with van der Waals surface area (Å²) in [6.07, 6.45) is 1.24. The molecule has 0 aromatic rings. The summed E-state index contributed by atoms with van der Waals surface area (Å²) in [5, 5.41) is 0. The highest BCUT2D eigenvalue weighted by atomic mass is 35.5. The number of hydrogen-bond acceptors (Lipinski definition) is 2. The van der Waals surface area contributed by atoms with Crippen LogP contribution in [-0.4, -0.2) is 31.1 Å². The summed E-state index contributed by atoms with van der Waals surface area (Å²) in [5.74, 6) is 0.702. The van der Waals surface area contributed by atoms with E-state index in [-0.39, 0.29) is 0 Å². The lowest BCUT2D eigenvalue weighted by Crippen LogP contribution is -2.24. The van der Waals surface area contributed by atoms with Crippen LogP contribution in [0.15, 0.2) is 11.1 Å². The summed E-state index contributed by atoms with van der Waals surface area (Å²) in [6.45, 7) is 6.19. The minimum Gasteiger partial charge on any atom is -0.330 e. The van der Waals surface area contributed by atoms with Gasteiger partial charge >= 0.3 is 0 Å². The molecule has 1 rings (SSSR count). The standard InChI is InChI=1S/C9H17ClN2/c1-8(4-10)6-12-3-2-9(5-11)7-12/h4,9H,2-3,5-7,11H2,1H3. The van der Waals surface area contributed by atoms with Crippen molar-refractivity contribution in [3.8, 4) is 0 Å². The van der Waals surface area contributed by atoms with Crippen molar-refractivity contribution in [1.82, 2.24) is 4.90 Å². The average Bonchev–Trinajstić information content (AvgIpc) is 2.52. The first-order valence-corrected chi connectivity index (χ1v) is 4.88. The summed E-state index contributed by atoms with van der Waals surface area (Å²) in [4.78, 5) is 2.41. The van der Waals surface area contributed by atoms with Crippen LogP contribution >= 0.6 is 11.6 Å². The molecule has 3 heteroatoms. The Bertz CT molecular complexity index is 168. The van der Waals surface area contributed by atoms with E-state index in [1.165, 1.54) is 18.5 Å². The predicted molar refractivity (Wildman–Crippen MR) is 53.2 cm³/mol. The molecule has 0 radical (unpaired) electrons. The summed E-state index contributed by atoms with van der Waals surface area (Å²) in [7, 11) is 0. The summed E-state index contributed by atoms with van der Waals surface area (Å²) in [5.41, 5.74) is 8.49. The molecule has 1 aliphatic rings. The number of halogens is 1. The van der Waals surface area contributed by atoms with Crippen LogP contribution < -0.4 is 5.73 Å². The Hall–Kier alpha value is -0.0500. The zero-order valence-electron chi connectivity index (χ0n) is 7.59. The molecule has 1 unspecified atom stereocenters. The fraction of sp³-hybridized carbons (Fsp3) is 0.778. The van der Waals surface area contributed by atoms with Crippen LogP contribution in [0.1, 0.15) is 13.3 Å². The highest BCUT2D eigenvalue weighted by Crippen LogP contribution is 2.15. The molecule has 1 heterocycles. The van der Waals surface area contributed by atoms with E-state index in [9.17, 15) is 0 Å². The molecule has 2 N–H and O–H groups in total. The Balaban J connectivity index is 2.28. The van der Waals surface area contributed by atoms with Crippen molar-refractivity contribution in [3.63, 3.8) is 0 Å². The number of rotatable bonds is 3. The van der Waals surface area contributed by atoms with Gasteiger partial charge < -0.3 is 5.73 Å². The largest absolute Gasteiger partial charge is 0.330 e. The van der Waals surface area contributed by atoms with E-state index in [4.69, 9.17) is 17.3 Å². The zero-order chi connectivity index (χ0) is 8.97. The van der Waals surface area contributed by atoms with Gasteiger partial charge in [0.25, 0.3) is 0 Å². The van der Waals surface area contributed by atoms with E-state index < -0.39 is 0 Å². The third kappa shape index (κ3) is 2.77. The topological polar surface area (TPSA) is 29.3 Å². The monoisotopic (exact) mass is 188 g/mol. The molecule has 1 aliphatic heterocycles. The molecule has 70 valence electrons. The van der Waals surface area contributed by atoms with Crippen LogP contribution in [0.4, 0.5) is 0 Å². The van der Waals surface area contributed by atoms with E-state index >= 15 is 0 Å². The fourth-order valence-corrected chi connectivity index (χ4v) is 1.71. The lowest BCUT2D eigenvalue weighted by molar-refractivity contribution is 0.353. The molecule has 0 aliphatic carbocycles. The van der Waals surface area contributed by atoms with Gasteiger partial charge in [-0.25, -0.2) is 0 Å². The number of nitrogens with two attached hydrogens (primary N) is 1. The van der Waals surface area contributed by atoms with Crippen molar-refractivity contribution >= 4 is 11.6 Å². The fourth-order valence-electron chi connectivity index (χ4n) is 1.64. The van der Waals surface area contributed by atoms with Crippen LogP contribution in [0.5, 0.6) is 0 Å². The van der Waals surface area contributed by atoms with E-state index in [2.05, 4.69) is 11.8 Å². The molecular weight excluding hydrogens is 172 g/mol. The van der Waals surface area contributed by atoms with E-state index in [1.54, 1.807) is 5.54 Å². The van der Waals surface area contributed by atoms with Gasteiger partial charge in [0, 0.05) is 18.6 Å². The highest BCUT2D eigenvalue weighted by molar-refractivity contribution is 6.25. The summed E-state index contributed by atoms with van der Waals surface area (Å²) in [6, 6.07) is 0. The molecule has 12 heavy (non-hydrogen) atoms. The number of nitrogens with zero attached hydrogens (tertiary/aromatic N) is 1. The van der Waals surface area contributed by atoms with Gasteiger partial charge in [-0.1, -0.05) is 11.6 Å². The van der Waals surface area contributed by atoms with Gasteiger partial charge in [0.15, 0.2) is 0 Å². The molecule has 0 saturated carbocycles. The Morgan fingerprint density at radius 1 is 1.75 bits per heavy atom. The molecule has 0 spiro atoms. The first-order valence-electron chi connectivity index (χ1n) is 4.44. The van der Waals surface area contributed by atoms with Crippen LogP contribution in [0.3, 0.4) is 0 Å². The van der Waals surface area contributed by atoms with Gasteiger partial charge in [-0.15, -0.1) is 0 Å². The lowest BCUT2D eigenvalue weighted by Gasteiger charge is -2.15. The summed E-state index contributed by atoms with van der Waals surface area (Å²) < 4.78 is 0. The smallest absolute Gasteiger partial charge is 0.0201 e. The average molecular weight is 189 g/mol. The second-order valence-electron chi connectivity index (χ2n) is 3.58. The Morgan fingerprint density at radius 3 is 3.00 bits per heavy atom. The molecular formula is C9H17ClN2. The molecule has 2 nitrogen and oxygen atoms in total. The van der Waals surface area contributed by atoms with Crippen molar-refractivity contribution in [2.45, 2.75) is 13.3 Å². The molecule has 0 aromatic carbocycles. The first kappa shape index (κ1) is 10.0. The Labute approximate surface area is 79.4 Å². The minimum atomic E-state index is 0.702. The molecule has 0 amide bonds.